The minimum absolute atomic E-state index is 0.0466. The van der Waals surface area contributed by atoms with Gasteiger partial charge in [-0.05, 0) is 24.3 Å². The summed E-state index contributed by atoms with van der Waals surface area (Å²) in [7, 11) is -1.13. The topological polar surface area (TPSA) is 81.1 Å². The molecule has 2 aliphatic heterocycles. The van der Waals surface area contributed by atoms with E-state index in [0.717, 1.165) is 0 Å². The first-order chi connectivity index (χ1) is 13.5. The van der Waals surface area contributed by atoms with E-state index in [9.17, 15) is 9.00 Å². The van der Waals surface area contributed by atoms with Gasteiger partial charge in [0.05, 0.1) is 23.4 Å². The number of hydrogen-bond acceptors (Lipinski definition) is 6. The van der Waals surface area contributed by atoms with E-state index in [4.69, 9.17) is 9.57 Å². The van der Waals surface area contributed by atoms with E-state index in [-0.39, 0.29) is 5.91 Å². The quantitative estimate of drug-likeness (QED) is 0.793. The van der Waals surface area contributed by atoms with E-state index in [1.54, 1.807) is 18.4 Å². The number of rotatable bonds is 3. The number of amides is 1. The molecule has 1 amide bonds. The van der Waals surface area contributed by atoms with Crippen LogP contribution in [0.1, 0.15) is 29.6 Å². The molecule has 1 saturated heterocycles. The third kappa shape index (κ3) is 3.91. The Kier molecular flexibility index (Phi) is 5.13. The number of nitrogens with zero attached hydrogens (tertiary/aromatic N) is 3. The molecular formula is C20H21N3O4S. The summed E-state index contributed by atoms with van der Waals surface area (Å²) in [5.74, 6) is 1.07. The Morgan fingerprint density at radius 2 is 1.93 bits per heavy atom. The van der Waals surface area contributed by atoms with Crippen LogP contribution in [0.3, 0.4) is 0 Å². The van der Waals surface area contributed by atoms with Crippen molar-refractivity contribution in [3.8, 4) is 5.75 Å². The molecule has 1 spiro atoms. The van der Waals surface area contributed by atoms with Crippen LogP contribution in [0.25, 0.3) is 0 Å². The van der Waals surface area contributed by atoms with Crippen molar-refractivity contribution < 1.29 is 18.6 Å². The van der Waals surface area contributed by atoms with E-state index in [1.807, 2.05) is 35.2 Å². The summed E-state index contributed by atoms with van der Waals surface area (Å²) in [6.45, 7) is 1.24. The zero-order valence-corrected chi connectivity index (χ0v) is 16.4. The van der Waals surface area contributed by atoms with Gasteiger partial charge in [-0.25, -0.2) is 4.98 Å². The maximum absolute atomic E-state index is 12.6. The number of carbonyl (C=O) groups is 1. The van der Waals surface area contributed by atoms with Gasteiger partial charge in [-0.15, -0.1) is 0 Å². The number of benzene rings is 1. The van der Waals surface area contributed by atoms with Crippen LogP contribution in [-0.2, 0) is 15.6 Å². The molecule has 2 aromatic rings. The molecule has 0 aliphatic carbocycles. The van der Waals surface area contributed by atoms with Crippen molar-refractivity contribution in [1.29, 1.82) is 0 Å². The zero-order chi connectivity index (χ0) is 19.6. The summed E-state index contributed by atoms with van der Waals surface area (Å²) in [4.78, 5) is 24.3. The minimum Gasteiger partial charge on any atom is -0.438 e. The lowest BCUT2D eigenvalue weighted by Crippen LogP contribution is -2.47. The molecule has 0 saturated carbocycles. The van der Waals surface area contributed by atoms with Gasteiger partial charge in [0.25, 0.3) is 5.91 Å². The molecule has 0 N–H and O–H groups in total. The molecule has 1 fully saturated rings. The molecule has 0 radical (unpaired) electrons. The molecule has 1 atom stereocenters. The van der Waals surface area contributed by atoms with Crippen LogP contribution >= 0.6 is 0 Å². The Balaban J connectivity index is 1.32. The van der Waals surface area contributed by atoms with Gasteiger partial charge in [0.1, 0.15) is 16.4 Å². The van der Waals surface area contributed by atoms with Crippen molar-refractivity contribution in [3.63, 3.8) is 0 Å². The highest BCUT2D eigenvalue weighted by Crippen LogP contribution is 2.35. The first-order valence-electron chi connectivity index (χ1n) is 9.11. The number of hydrogen-bond donors (Lipinski definition) is 0. The SMILES string of the molecule is CS(=O)c1ccc(OC2=NOC3(CCN(C(=O)c4ccccc4)CC3)C2)cn1. The monoisotopic (exact) mass is 399 g/mol. The Morgan fingerprint density at radius 3 is 2.57 bits per heavy atom. The van der Waals surface area contributed by atoms with Gasteiger partial charge in [0.15, 0.2) is 0 Å². The van der Waals surface area contributed by atoms with E-state index in [1.165, 1.54) is 6.20 Å². The van der Waals surface area contributed by atoms with Crippen LogP contribution in [0.4, 0.5) is 0 Å². The van der Waals surface area contributed by atoms with Crippen LogP contribution in [0.15, 0.2) is 58.8 Å². The summed E-state index contributed by atoms with van der Waals surface area (Å²) < 4.78 is 17.2. The second-order valence-electron chi connectivity index (χ2n) is 6.98. The van der Waals surface area contributed by atoms with Crippen LogP contribution in [-0.4, -0.2) is 50.8 Å². The average Bonchev–Trinajstić information content (AvgIpc) is 3.11. The van der Waals surface area contributed by atoms with E-state index < -0.39 is 16.4 Å². The zero-order valence-electron chi connectivity index (χ0n) is 15.5. The van der Waals surface area contributed by atoms with Crippen molar-refractivity contribution in [3.05, 3.63) is 54.2 Å². The van der Waals surface area contributed by atoms with Gasteiger partial charge in [-0.1, -0.05) is 23.4 Å². The van der Waals surface area contributed by atoms with Crippen molar-refractivity contribution >= 4 is 22.6 Å². The van der Waals surface area contributed by atoms with Gasteiger partial charge in [-0.3, -0.25) is 9.00 Å². The number of piperidine rings is 1. The number of pyridine rings is 1. The maximum atomic E-state index is 12.6. The third-order valence-electron chi connectivity index (χ3n) is 5.04. The second kappa shape index (κ2) is 7.71. The Hall–Kier alpha value is -2.74. The lowest BCUT2D eigenvalue weighted by molar-refractivity contribution is -0.0568. The summed E-state index contributed by atoms with van der Waals surface area (Å²) in [6.07, 6.45) is 5.07. The van der Waals surface area contributed by atoms with Gasteiger partial charge >= 0.3 is 0 Å². The number of oxime groups is 1. The number of carbonyl (C=O) groups excluding carboxylic acids is 1. The van der Waals surface area contributed by atoms with Crippen LogP contribution in [0.5, 0.6) is 5.75 Å². The smallest absolute Gasteiger partial charge is 0.253 e. The molecule has 3 heterocycles. The minimum atomic E-state index is -1.13. The average molecular weight is 399 g/mol. The summed E-state index contributed by atoms with van der Waals surface area (Å²) in [5.41, 5.74) is 0.288. The molecule has 8 heteroatoms. The number of ether oxygens (including phenoxy) is 1. The highest BCUT2D eigenvalue weighted by Gasteiger charge is 2.44. The molecule has 7 nitrogen and oxygen atoms in total. The van der Waals surface area contributed by atoms with Crippen molar-refractivity contribution in [2.45, 2.75) is 29.9 Å². The van der Waals surface area contributed by atoms with Crippen molar-refractivity contribution in [1.82, 2.24) is 9.88 Å². The molecule has 0 bridgehead atoms. The van der Waals surface area contributed by atoms with E-state index in [0.29, 0.717) is 54.6 Å². The first-order valence-corrected chi connectivity index (χ1v) is 10.7. The molecule has 146 valence electrons. The standard InChI is InChI=1S/C20H21N3O4S/c1-28(25)18-8-7-16(14-21-18)26-17-13-20(27-22-17)9-11-23(12-10-20)19(24)15-5-3-2-4-6-15/h2-8,14H,9-13H2,1H3. The fourth-order valence-corrected chi connectivity index (χ4v) is 3.89. The lowest BCUT2D eigenvalue weighted by atomic mass is 9.88. The predicted octanol–water partition coefficient (Wildman–Crippen LogP) is 2.61. The highest BCUT2D eigenvalue weighted by atomic mass is 32.2. The molecule has 28 heavy (non-hydrogen) atoms. The fourth-order valence-electron chi connectivity index (χ4n) is 3.42. The Morgan fingerprint density at radius 1 is 1.18 bits per heavy atom. The normalized spacial score (nSPS) is 19.0. The maximum Gasteiger partial charge on any atom is 0.253 e. The summed E-state index contributed by atoms with van der Waals surface area (Å²) in [6, 6.07) is 12.7. The predicted molar refractivity (Wildman–Crippen MR) is 105 cm³/mol. The molecule has 1 unspecified atom stereocenters. The highest BCUT2D eigenvalue weighted by molar-refractivity contribution is 7.84. The number of likely N-dealkylation sites (tertiary alicyclic amines) is 1. The summed E-state index contributed by atoms with van der Waals surface area (Å²) in [5, 5.41) is 4.60. The lowest BCUT2D eigenvalue weighted by Gasteiger charge is -2.37. The third-order valence-corrected chi connectivity index (χ3v) is 5.87. The van der Waals surface area contributed by atoms with E-state index >= 15 is 0 Å². The van der Waals surface area contributed by atoms with E-state index in [2.05, 4.69) is 10.1 Å². The molecule has 2 aliphatic rings. The van der Waals surface area contributed by atoms with Crippen LogP contribution in [0, 0.1) is 0 Å². The molecule has 1 aromatic carbocycles. The van der Waals surface area contributed by atoms with Crippen molar-refractivity contribution in [2.75, 3.05) is 19.3 Å². The molecular weight excluding hydrogens is 378 g/mol. The summed E-state index contributed by atoms with van der Waals surface area (Å²) >= 11 is 0. The molecule has 4 rings (SSSR count). The largest absolute Gasteiger partial charge is 0.438 e. The number of aromatic nitrogens is 1. The van der Waals surface area contributed by atoms with Crippen LogP contribution < -0.4 is 4.74 Å². The van der Waals surface area contributed by atoms with Gasteiger partial charge in [-0.2, -0.15) is 0 Å². The van der Waals surface area contributed by atoms with Gasteiger partial charge < -0.3 is 14.5 Å². The Labute approximate surface area is 165 Å². The molecule has 1 aromatic heterocycles. The van der Waals surface area contributed by atoms with Gasteiger partial charge in [0, 0.05) is 37.8 Å². The Bertz CT molecular complexity index is 907. The van der Waals surface area contributed by atoms with Gasteiger partial charge in [0.2, 0.25) is 5.90 Å². The fraction of sp³-hybridized carbons (Fsp3) is 0.350. The van der Waals surface area contributed by atoms with Crippen LogP contribution in [0.2, 0.25) is 0 Å². The van der Waals surface area contributed by atoms with Crippen molar-refractivity contribution in [2.24, 2.45) is 5.16 Å². The second-order valence-corrected chi connectivity index (χ2v) is 8.31. The first kappa shape index (κ1) is 18.6.